The van der Waals surface area contributed by atoms with E-state index in [-0.39, 0.29) is 5.91 Å². The Hall–Kier alpha value is -1.81. The van der Waals surface area contributed by atoms with Crippen LogP contribution in [-0.2, 0) is 11.8 Å². The Balaban J connectivity index is 2.37. The molecule has 0 aliphatic carbocycles. The molecule has 1 amide bonds. The van der Waals surface area contributed by atoms with Gasteiger partial charge in [0, 0.05) is 43.2 Å². The number of para-hydroxylation sites is 1. The molecule has 0 fully saturated rings. The van der Waals surface area contributed by atoms with Gasteiger partial charge in [-0.05, 0) is 19.9 Å². The number of amides is 1. The Morgan fingerprint density at radius 2 is 2.00 bits per heavy atom. The molecule has 0 aliphatic heterocycles. The van der Waals surface area contributed by atoms with Gasteiger partial charge < -0.3 is 15.2 Å². The second-order valence-corrected chi connectivity index (χ2v) is 5.76. The molecule has 2 N–H and O–H groups in total. The predicted molar refractivity (Wildman–Crippen MR) is 79.2 cm³/mol. The van der Waals surface area contributed by atoms with E-state index in [4.69, 9.17) is 5.73 Å². The summed E-state index contributed by atoms with van der Waals surface area (Å²) < 4.78 is 2.03. The monoisotopic (exact) mass is 259 g/mol. The van der Waals surface area contributed by atoms with E-state index in [0.29, 0.717) is 6.42 Å². The standard InChI is InChI=1S/C15H21N3O/c1-15(2,16)9-14(19)18(4)13-10-17(3)12-8-6-5-7-11(12)13/h5-8,10H,9,16H2,1-4H3. The van der Waals surface area contributed by atoms with Crippen LogP contribution in [0.4, 0.5) is 5.69 Å². The number of carbonyl (C=O) groups excluding carboxylic acids is 1. The number of carbonyl (C=O) groups is 1. The van der Waals surface area contributed by atoms with Crippen LogP contribution in [0.2, 0.25) is 0 Å². The van der Waals surface area contributed by atoms with Gasteiger partial charge in [-0.1, -0.05) is 18.2 Å². The molecule has 4 heteroatoms. The molecule has 2 rings (SSSR count). The SMILES string of the molecule is CN(C(=O)CC(C)(C)N)c1cn(C)c2ccccc12. The lowest BCUT2D eigenvalue weighted by Gasteiger charge is -2.23. The van der Waals surface area contributed by atoms with Gasteiger partial charge in [0.2, 0.25) is 5.91 Å². The molecule has 0 spiro atoms. The lowest BCUT2D eigenvalue weighted by molar-refractivity contribution is -0.119. The van der Waals surface area contributed by atoms with Gasteiger partial charge in [-0.15, -0.1) is 0 Å². The van der Waals surface area contributed by atoms with Gasteiger partial charge in [0.15, 0.2) is 0 Å². The molecule has 1 aromatic carbocycles. The average molecular weight is 259 g/mol. The highest BCUT2D eigenvalue weighted by molar-refractivity contribution is 6.03. The lowest BCUT2D eigenvalue weighted by Crippen LogP contribution is -2.39. The normalized spacial score (nSPS) is 11.8. The summed E-state index contributed by atoms with van der Waals surface area (Å²) >= 11 is 0. The lowest BCUT2D eigenvalue weighted by atomic mass is 10.0. The molecule has 0 bridgehead atoms. The smallest absolute Gasteiger partial charge is 0.228 e. The number of hydrogen-bond donors (Lipinski definition) is 1. The number of nitrogens with two attached hydrogens (primary N) is 1. The van der Waals surface area contributed by atoms with Gasteiger partial charge >= 0.3 is 0 Å². The maximum atomic E-state index is 12.2. The second kappa shape index (κ2) is 4.70. The van der Waals surface area contributed by atoms with Crippen molar-refractivity contribution in [1.29, 1.82) is 0 Å². The van der Waals surface area contributed by atoms with Gasteiger partial charge in [0.25, 0.3) is 0 Å². The fourth-order valence-corrected chi connectivity index (χ4v) is 2.23. The minimum atomic E-state index is -0.490. The highest BCUT2D eigenvalue weighted by atomic mass is 16.2. The number of anilines is 1. The van der Waals surface area contributed by atoms with Crippen LogP contribution in [0.3, 0.4) is 0 Å². The van der Waals surface area contributed by atoms with Gasteiger partial charge in [-0.2, -0.15) is 0 Å². The Morgan fingerprint density at radius 3 is 2.63 bits per heavy atom. The molecular formula is C15H21N3O. The number of rotatable bonds is 3. The number of nitrogens with zero attached hydrogens (tertiary/aromatic N) is 2. The quantitative estimate of drug-likeness (QED) is 0.919. The van der Waals surface area contributed by atoms with Crippen molar-refractivity contribution in [2.45, 2.75) is 25.8 Å². The topological polar surface area (TPSA) is 51.3 Å². The zero-order valence-electron chi connectivity index (χ0n) is 12.0. The molecule has 1 heterocycles. The van der Waals surface area contributed by atoms with Crippen molar-refractivity contribution in [2.75, 3.05) is 11.9 Å². The number of aryl methyl sites for hydroxylation is 1. The minimum Gasteiger partial charge on any atom is -0.348 e. The summed E-state index contributed by atoms with van der Waals surface area (Å²) in [5.74, 6) is 0.0313. The van der Waals surface area contributed by atoms with Crippen molar-refractivity contribution in [3.63, 3.8) is 0 Å². The van der Waals surface area contributed by atoms with E-state index in [1.54, 1.807) is 11.9 Å². The van der Waals surface area contributed by atoms with E-state index in [1.165, 1.54) is 0 Å². The summed E-state index contributed by atoms with van der Waals surface area (Å²) in [6.07, 6.45) is 2.30. The first kappa shape index (κ1) is 13.6. The van der Waals surface area contributed by atoms with Crippen molar-refractivity contribution in [3.8, 4) is 0 Å². The van der Waals surface area contributed by atoms with E-state index < -0.39 is 5.54 Å². The second-order valence-electron chi connectivity index (χ2n) is 5.76. The largest absolute Gasteiger partial charge is 0.348 e. The number of benzene rings is 1. The van der Waals surface area contributed by atoms with Crippen molar-refractivity contribution in [1.82, 2.24) is 4.57 Å². The van der Waals surface area contributed by atoms with E-state index in [9.17, 15) is 4.79 Å². The number of fused-ring (bicyclic) bond motifs is 1. The van der Waals surface area contributed by atoms with Crippen LogP contribution in [0.5, 0.6) is 0 Å². The summed E-state index contributed by atoms with van der Waals surface area (Å²) in [4.78, 5) is 13.9. The van der Waals surface area contributed by atoms with E-state index in [2.05, 4.69) is 0 Å². The molecular weight excluding hydrogens is 238 g/mol. The number of aromatic nitrogens is 1. The van der Waals surface area contributed by atoms with E-state index in [0.717, 1.165) is 16.6 Å². The van der Waals surface area contributed by atoms with Crippen LogP contribution in [0.25, 0.3) is 10.9 Å². The highest BCUT2D eigenvalue weighted by Crippen LogP contribution is 2.28. The van der Waals surface area contributed by atoms with Gasteiger partial charge in [-0.25, -0.2) is 0 Å². The Kier molecular flexibility index (Phi) is 3.37. The van der Waals surface area contributed by atoms with Crippen molar-refractivity contribution >= 4 is 22.5 Å². The van der Waals surface area contributed by atoms with Crippen molar-refractivity contribution < 1.29 is 4.79 Å². The fraction of sp³-hybridized carbons (Fsp3) is 0.400. The maximum Gasteiger partial charge on any atom is 0.228 e. The molecule has 19 heavy (non-hydrogen) atoms. The van der Waals surface area contributed by atoms with Crippen LogP contribution >= 0.6 is 0 Å². The molecule has 4 nitrogen and oxygen atoms in total. The fourth-order valence-electron chi connectivity index (χ4n) is 2.23. The molecule has 2 aromatic rings. The summed E-state index contributed by atoms with van der Waals surface area (Å²) in [5.41, 5.74) is 7.47. The summed E-state index contributed by atoms with van der Waals surface area (Å²) in [7, 11) is 3.78. The zero-order valence-corrected chi connectivity index (χ0v) is 12.0. The summed E-state index contributed by atoms with van der Waals surface area (Å²) in [6, 6.07) is 8.06. The third-order valence-corrected chi connectivity index (χ3v) is 3.22. The van der Waals surface area contributed by atoms with Gasteiger partial charge in [-0.3, -0.25) is 4.79 Å². The third kappa shape index (κ3) is 2.79. The van der Waals surface area contributed by atoms with E-state index in [1.807, 2.05) is 55.9 Å². The van der Waals surface area contributed by atoms with Crippen molar-refractivity contribution in [3.05, 3.63) is 30.5 Å². The number of hydrogen-bond acceptors (Lipinski definition) is 2. The summed E-state index contributed by atoms with van der Waals surface area (Å²) in [5, 5.41) is 1.08. The van der Waals surface area contributed by atoms with Crippen LogP contribution in [0.15, 0.2) is 30.5 Å². The van der Waals surface area contributed by atoms with Gasteiger partial charge in [0.05, 0.1) is 5.69 Å². The van der Waals surface area contributed by atoms with Crippen LogP contribution < -0.4 is 10.6 Å². The molecule has 0 unspecified atom stereocenters. The average Bonchev–Trinajstić information content (AvgIpc) is 2.64. The van der Waals surface area contributed by atoms with Crippen molar-refractivity contribution in [2.24, 2.45) is 12.8 Å². The Morgan fingerprint density at radius 1 is 1.37 bits per heavy atom. The van der Waals surface area contributed by atoms with Crippen LogP contribution in [0.1, 0.15) is 20.3 Å². The Bertz CT molecular complexity index is 607. The first-order chi connectivity index (χ1) is 8.79. The van der Waals surface area contributed by atoms with Crippen LogP contribution in [-0.4, -0.2) is 23.1 Å². The van der Waals surface area contributed by atoms with E-state index >= 15 is 0 Å². The first-order valence-corrected chi connectivity index (χ1v) is 6.39. The zero-order chi connectivity index (χ0) is 14.2. The maximum absolute atomic E-state index is 12.2. The Labute approximate surface area is 113 Å². The first-order valence-electron chi connectivity index (χ1n) is 6.39. The molecule has 0 aliphatic rings. The van der Waals surface area contributed by atoms with Gasteiger partial charge in [0.1, 0.15) is 0 Å². The molecule has 102 valence electrons. The minimum absolute atomic E-state index is 0.0313. The molecule has 0 saturated carbocycles. The predicted octanol–water partition coefficient (Wildman–Crippen LogP) is 2.27. The molecule has 0 radical (unpaired) electrons. The molecule has 0 saturated heterocycles. The molecule has 1 aromatic heterocycles. The highest BCUT2D eigenvalue weighted by Gasteiger charge is 2.22. The molecule has 0 atom stereocenters. The van der Waals surface area contributed by atoms with Crippen LogP contribution in [0, 0.1) is 0 Å². The third-order valence-electron chi connectivity index (χ3n) is 3.22. The summed E-state index contributed by atoms with van der Waals surface area (Å²) in [6.45, 7) is 3.73.